The van der Waals surface area contributed by atoms with Crippen LogP contribution in [0.3, 0.4) is 0 Å². The predicted octanol–water partition coefficient (Wildman–Crippen LogP) is 4.47. The first-order valence-electron chi connectivity index (χ1n) is 9.28. The van der Waals surface area contributed by atoms with Crippen molar-refractivity contribution in [3.63, 3.8) is 0 Å². The van der Waals surface area contributed by atoms with E-state index >= 15 is 0 Å². The highest BCUT2D eigenvalue weighted by molar-refractivity contribution is 7.19. The van der Waals surface area contributed by atoms with E-state index in [-0.39, 0.29) is 0 Å². The number of benzene rings is 1. The Balaban J connectivity index is 1.67. The first-order valence-corrected chi connectivity index (χ1v) is 10.1. The average Bonchev–Trinajstić information content (AvgIpc) is 3.30. The van der Waals surface area contributed by atoms with Crippen molar-refractivity contribution in [3.05, 3.63) is 41.3 Å². The van der Waals surface area contributed by atoms with Gasteiger partial charge in [-0.1, -0.05) is 0 Å². The summed E-state index contributed by atoms with van der Waals surface area (Å²) in [5.41, 5.74) is 4.63. The molecule has 5 heteroatoms. The largest absolute Gasteiger partial charge is 0.492 e. The van der Waals surface area contributed by atoms with Gasteiger partial charge in [-0.05, 0) is 63.2 Å². The molecule has 1 fully saturated rings. The van der Waals surface area contributed by atoms with E-state index in [1.807, 2.05) is 30.5 Å². The normalized spacial score (nSPS) is 14.3. The van der Waals surface area contributed by atoms with Crippen LogP contribution in [0, 0.1) is 6.92 Å². The number of likely N-dealkylation sites (N-methyl/N-ethyl adjacent to an activating group) is 1. The van der Waals surface area contributed by atoms with Crippen LogP contribution in [-0.4, -0.2) is 38.3 Å². The smallest absolute Gasteiger partial charge is 0.119 e. The molecular formula is C21H25N3OS. The number of nitrogens with one attached hydrogen (secondary N) is 1. The van der Waals surface area contributed by atoms with Crippen molar-refractivity contribution in [2.24, 2.45) is 0 Å². The maximum atomic E-state index is 5.73. The molecule has 1 aliphatic rings. The van der Waals surface area contributed by atoms with Gasteiger partial charge in [0.2, 0.25) is 0 Å². The van der Waals surface area contributed by atoms with Crippen molar-refractivity contribution in [2.45, 2.75) is 19.8 Å². The van der Waals surface area contributed by atoms with E-state index in [4.69, 9.17) is 9.72 Å². The molecule has 0 atom stereocenters. The quantitative estimate of drug-likeness (QED) is 0.652. The Morgan fingerprint density at radius 2 is 1.92 bits per heavy atom. The van der Waals surface area contributed by atoms with Gasteiger partial charge >= 0.3 is 0 Å². The minimum absolute atomic E-state index is 0.674. The van der Waals surface area contributed by atoms with Crippen LogP contribution in [0.4, 0.5) is 5.69 Å². The lowest BCUT2D eigenvalue weighted by molar-refractivity contribution is 0.318. The van der Waals surface area contributed by atoms with Gasteiger partial charge in [0.25, 0.3) is 0 Å². The zero-order valence-corrected chi connectivity index (χ0v) is 16.2. The number of aryl methyl sites for hydroxylation is 1. The van der Waals surface area contributed by atoms with Crippen LogP contribution in [0.1, 0.15) is 17.7 Å². The summed E-state index contributed by atoms with van der Waals surface area (Å²) in [5.74, 6) is 0.899. The third-order valence-corrected chi connectivity index (χ3v) is 5.86. The fraction of sp³-hybridized carbons (Fsp3) is 0.381. The first kappa shape index (κ1) is 17.3. The third-order valence-electron chi connectivity index (χ3n) is 4.80. The first-order chi connectivity index (χ1) is 12.7. The van der Waals surface area contributed by atoms with Gasteiger partial charge in [-0.25, -0.2) is 4.98 Å². The molecule has 0 bridgehead atoms. The van der Waals surface area contributed by atoms with E-state index in [1.54, 1.807) is 0 Å². The number of hydrogen-bond donors (Lipinski definition) is 1. The van der Waals surface area contributed by atoms with E-state index in [0.29, 0.717) is 6.61 Å². The van der Waals surface area contributed by atoms with Crippen LogP contribution < -0.4 is 15.0 Å². The summed E-state index contributed by atoms with van der Waals surface area (Å²) in [7, 11) is 1.93. The van der Waals surface area contributed by atoms with Crippen LogP contribution in [0.15, 0.2) is 36.4 Å². The van der Waals surface area contributed by atoms with Crippen molar-refractivity contribution in [1.29, 1.82) is 0 Å². The number of nitrogens with zero attached hydrogens (tertiary/aromatic N) is 2. The Bertz CT molecular complexity index is 882. The lowest BCUT2D eigenvalue weighted by Crippen LogP contribution is -2.17. The minimum Gasteiger partial charge on any atom is -0.492 e. The molecule has 1 aliphatic heterocycles. The zero-order valence-electron chi connectivity index (χ0n) is 15.4. The summed E-state index contributed by atoms with van der Waals surface area (Å²) < 4.78 is 7.05. The minimum atomic E-state index is 0.674. The highest BCUT2D eigenvalue weighted by atomic mass is 32.1. The number of rotatable bonds is 6. The molecule has 1 saturated heterocycles. The van der Waals surface area contributed by atoms with Crippen LogP contribution in [0.2, 0.25) is 0 Å². The number of pyridine rings is 1. The maximum absolute atomic E-state index is 5.73. The summed E-state index contributed by atoms with van der Waals surface area (Å²) in [5, 5.41) is 3.09. The number of ether oxygens (including phenoxy) is 1. The van der Waals surface area contributed by atoms with Crippen molar-refractivity contribution in [2.75, 3.05) is 38.2 Å². The summed E-state index contributed by atoms with van der Waals surface area (Å²) in [4.78, 5) is 8.77. The molecule has 4 rings (SSSR count). The lowest BCUT2D eigenvalue weighted by Gasteiger charge is -2.19. The van der Waals surface area contributed by atoms with Gasteiger partial charge in [0, 0.05) is 30.1 Å². The average molecular weight is 368 g/mol. The predicted molar refractivity (Wildman–Crippen MR) is 111 cm³/mol. The molecule has 0 aliphatic carbocycles. The summed E-state index contributed by atoms with van der Waals surface area (Å²) in [6, 6.07) is 12.8. The van der Waals surface area contributed by atoms with Gasteiger partial charge in [-0.15, -0.1) is 11.3 Å². The molecule has 136 valence electrons. The fourth-order valence-electron chi connectivity index (χ4n) is 3.46. The molecule has 3 aromatic rings. The second kappa shape index (κ2) is 7.64. The van der Waals surface area contributed by atoms with Crippen LogP contribution in [-0.2, 0) is 0 Å². The number of hydrogen-bond acceptors (Lipinski definition) is 5. The van der Waals surface area contributed by atoms with Gasteiger partial charge in [-0.3, -0.25) is 0 Å². The Morgan fingerprint density at radius 3 is 2.65 bits per heavy atom. The molecule has 26 heavy (non-hydrogen) atoms. The standard InChI is InChI=1S/C21H25N3OS/c1-15-13-19-21(26-15)20(24-10-3-4-11-24)14-18(23-19)16-5-7-17(8-6-16)25-12-9-22-2/h5-8,13-14,22H,3-4,9-12H2,1-2H3. The van der Waals surface area contributed by atoms with Gasteiger partial charge < -0.3 is 15.0 Å². The van der Waals surface area contributed by atoms with E-state index in [9.17, 15) is 0 Å². The third kappa shape index (κ3) is 3.55. The number of thiophene rings is 1. The van der Waals surface area contributed by atoms with E-state index < -0.39 is 0 Å². The summed E-state index contributed by atoms with van der Waals surface area (Å²) in [6.45, 7) is 5.97. The van der Waals surface area contributed by atoms with E-state index in [2.05, 4.69) is 41.4 Å². The molecule has 0 saturated carbocycles. The van der Waals surface area contributed by atoms with E-state index in [1.165, 1.54) is 28.1 Å². The van der Waals surface area contributed by atoms with Crippen LogP contribution >= 0.6 is 11.3 Å². The molecule has 1 aromatic carbocycles. The lowest BCUT2D eigenvalue weighted by atomic mass is 10.1. The highest BCUT2D eigenvalue weighted by Crippen LogP contribution is 2.37. The van der Waals surface area contributed by atoms with Crippen LogP contribution in [0.25, 0.3) is 21.5 Å². The monoisotopic (exact) mass is 367 g/mol. The molecule has 0 spiro atoms. The zero-order chi connectivity index (χ0) is 17.9. The number of anilines is 1. The maximum Gasteiger partial charge on any atom is 0.119 e. The SMILES string of the molecule is CNCCOc1ccc(-c2cc(N3CCCC3)c3sc(C)cc3n2)cc1. The van der Waals surface area contributed by atoms with Crippen LogP contribution in [0.5, 0.6) is 5.75 Å². The Labute approximate surface area is 158 Å². The topological polar surface area (TPSA) is 37.4 Å². The van der Waals surface area contributed by atoms with Gasteiger partial charge in [0.15, 0.2) is 0 Å². The molecule has 0 unspecified atom stereocenters. The second-order valence-corrected chi connectivity index (χ2v) is 8.02. The van der Waals surface area contributed by atoms with Gasteiger partial charge in [0.05, 0.1) is 21.6 Å². The second-order valence-electron chi connectivity index (χ2n) is 6.77. The summed E-state index contributed by atoms with van der Waals surface area (Å²) in [6.07, 6.45) is 2.56. The molecule has 1 N–H and O–H groups in total. The van der Waals surface area contributed by atoms with Gasteiger partial charge in [-0.2, -0.15) is 0 Å². The fourth-order valence-corrected chi connectivity index (χ4v) is 4.45. The van der Waals surface area contributed by atoms with E-state index in [0.717, 1.165) is 42.2 Å². The molecule has 0 amide bonds. The van der Waals surface area contributed by atoms with Crippen molar-refractivity contribution < 1.29 is 4.74 Å². The summed E-state index contributed by atoms with van der Waals surface area (Å²) >= 11 is 1.85. The molecular weight excluding hydrogens is 342 g/mol. The van der Waals surface area contributed by atoms with Crippen molar-refractivity contribution in [1.82, 2.24) is 10.3 Å². The number of aromatic nitrogens is 1. The highest BCUT2D eigenvalue weighted by Gasteiger charge is 2.18. The Morgan fingerprint density at radius 1 is 1.15 bits per heavy atom. The molecule has 2 aromatic heterocycles. The number of fused-ring (bicyclic) bond motifs is 1. The van der Waals surface area contributed by atoms with Gasteiger partial charge in [0.1, 0.15) is 12.4 Å². The molecule has 3 heterocycles. The molecule has 4 nitrogen and oxygen atoms in total. The van der Waals surface area contributed by atoms with Crippen molar-refractivity contribution in [3.8, 4) is 17.0 Å². The molecule has 0 radical (unpaired) electrons. The Kier molecular flexibility index (Phi) is 5.09. The Hall–Kier alpha value is -2.11. The van der Waals surface area contributed by atoms with Crippen molar-refractivity contribution >= 4 is 27.2 Å².